The highest BCUT2D eigenvalue weighted by Gasteiger charge is 2.10. The molecule has 124 valence electrons. The zero-order valence-electron chi connectivity index (χ0n) is 13.7. The molecule has 2 N–H and O–H groups in total. The van der Waals surface area contributed by atoms with Crippen LogP contribution >= 0.6 is 27.5 Å². The van der Waals surface area contributed by atoms with Gasteiger partial charge < -0.3 is 10.6 Å². The van der Waals surface area contributed by atoms with Crippen molar-refractivity contribution < 1.29 is 0 Å². The topological polar surface area (TPSA) is 54.2 Å². The van der Waals surface area contributed by atoms with E-state index >= 15 is 0 Å². The molecular formula is C16H21BrClN5. The molecule has 7 heteroatoms. The summed E-state index contributed by atoms with van der Waals surface area (Å²) in [5, 5.41) is 11.7. The summed E-state index contributed by atoms with van der Waals surface area (Å²) in [5.41, 5.74) is 4.40. The van der Waals surface area contributed by atoms with Gasteiger partial charge in [-0.3, -0.25) is 9.67 Å². The van der Waals surface area contributed by atoms with Crippen LogP contribution in [0.15, 0.2) is 27.7 Å². The number of aromatic nitrogens is 2. The molecule has 1 heterocycles. The first-order valence-electron chi connectivity index (χ1n) is 7.30. The van der Waals surface area contributed by atoms with E-state index in [0.717, 1.165) is 32.4 Å². The van der Waals surface area contributed by atoms with Crippen LogP contribution in [-0.4, -0.2) is 22.8 Å². The third kappa shape index (κ3) is 4.48. The zero-order chi connectivity index (χ0) is 17.0. The Morgan fingerprint density at radius 1 is 1.30 bits per heavy atom. The molecule has 0 bridgehead atoms. The third-order valence-electron chi connectivity index (χ3n) is 3.78. The van der Waals surface area contributed by atoms with Crippen molar-refractivity contribution in [3.05, 3.63) is 50.2 Å². The van der Waals surface area contributed by atoms with E-state index in [1.807, 2.05) is 36.9 Å². The fourth-order valence-corrected chi connectivity index (χ4v) is 3.05. The zero-order valence-corrected chi connectivity index (χ0v) is 16.1. The van der Waals surface area contributed by atoms with Gasteiger partial charge in [0.1, 0.15) is 0 Å². The highest BCUT2D eigenvalue weighted by molar-refractivity contribution is 9.10. The van der Waals surface area contributed by atoms with Gasteiger partial charge in [-0.15, -0.1) is 0 Å². The van der Waals surface area contributed by atoms with E-state index in [1.54, 1.807) is 7.05 Å². The van der Waals surface area contributed by atoms with Gasteiger partial charge >= 0.3 is 0 Å². The second-order valence-corrected chi connectivity index (χ2v) is 6.61. The average molecular weight is 399 g/mol. The molecule has 0 amide bonds. The molecule has 1 aromatic heterocycles. The van der Waals surface area contributed by atoms with Gasteiger partial charge in [-0.1, -0.05) is 33.6 Å². The molecule has 0 fully saturated rings. The summed E-state index contributed by atoms with van der Waals surface area (Å²) in [7, 11) is 3.70. The van der Waals surface area contributed by atoms with Gasteiger partial charge in [0.05, 0.1) is 5.69 Å². The van der Waals surface area contributed by atoms with E-state index < -0.39 is 0 Å². The number of nitrogens with one attached hydrogen (secondary N) is 2. The summed E-state index contributed by atoms with van der Waals surface area (Å²) < 4.78 is 2.86. The molecule has 0 aliphatic carbocycles. The van der Waals surface area contributed by atoms with Gasteiger partial charge in [0.25, 0.3) is 0 Å². The van der Waals surface area contributed by atoms with Crippen molar-refractivity contribution in [3.63, 3.8) is 0 Å². The minimum absolute atomic E-state index is 0.608. The number of benzene rings is 1. The van der Waals surface area contributed by atoms with Gasteiger partial charge in [0.15, 0.2) is 5.96 Å². The van der Waals surface area contributed by atoms with Crippen molar-refractivity contribution >= 4 is 33.5 Å². The Hall–Kier alpha value is -1.53. The Balaban J connectivity index is 1.96. The molecule has 0 spiro atoms. The van der Waals surface area contributed by atoms with Crippen LogP contribution in [0.1, 0.15) is 22.5 Å². The molecule has 1 aromatic carbocycles. The lowest BCUT2D eigenvalue weighted by Gasteiger charge is -2.13. The van der Waals surface area contributed by atoms with Crippen LogP contribution in [0.3, 0.4) is 0 Å². The van der Waals surface area contributed by atoms with E-state index in [1.165, 1.54) is 5.56 Å². The fourth-order valence-electron chi connectivity index (χ4n) is 2.31. The molecule has 0 saturated heterocycles. The van der Waals surface area contributed by atoms with Crippen LogP contribution < -0.4 is 10.6 Å². The molecule has 0 aliphatic heterocycles. The number of guanidine groups is 1. The molecule has 23 heavy (non-hydrogen) atoms. The van der Waals surface area contributed by atoms with Crippen molar-refractivity contribution in [3.8, 4) is 0 Å². The molecule has 2 rings (SSSR count). The Kier molecular flexibility index (Phi) is 6.07. The Morgan fingerprint density at radius 2 is 2.00 bits per heavy atom. The number of halogens is 2. The third-order valence-corrected chi connectivity index (χ3v) is 4.62. The SMILES string of the molecule is CN=C(NCc1ccc(Br)cc1Cl)NCc1c(C)nn(C)c1C. The molecule has 2 aromatic rings. The Morgan fingerprint density at radius 3 is 2.57 bits per heavy atom. The van der Waals surface area contributed by atoms with E-state index in [4.69, 9.17) is 11.6 Å². The molecule has 0 aliphatic rings. The van der Waals surface area contributed by atoms with Crippen molar-refractivity contribution in [1.82, 2.24) is 20.4 Å². The molecule has 0 saturated carbocycles. The van der Waals surface area contributed by atoms with Crippen molar-refractivity contribution in [1.29, 1.82) is 0 Å². The van der Waals surface area contributed by atoms with E-state index in [9.17, 15) is 0 Å². The first-order valence-corrected chi connectivity index (χ1v) is 8.47. The number of aliphatic imine (C=N–C) groups is 1. The predicted octanol–water partition coefficient (Wildman–Crippen LogP) is 3.32. The minimum atomic E-state index is 0.608. The Labute approximate surface area is 150 Å². The lowest BCUT2D eigenvalue weighted by atomic mass is 10.2. The largest absolute Gasteiger partial charge is 0.352 e. The Bertz CT molecular complexity index is 724. The fraction of sp³-hybridized carbons (Fsp3) is 0.375. The predicted molar refractivity (Wildman–Crippen MR) is 98.9 cm³/mol. The molecule has 5 nitrogen and oxygen atoms in total. The van der Waals surface area contributed by atoms with Crippen LogP contribution in [-0.2, 0) is 20.1 Å². The smallest absolute Gasteiger partial charge is 0.191 e. The van der Waals surface area contributed by atoms with E-state index in [-0.39, 0.29) is 0 Å². The summed E-state index contributed by atoms with van der Waals surface area (Å²) in [6.45, 7) is 5.37. The van der Waals surface area contributed by atoms with Gasteiger partial charge in [-0.05, 0) is 31.5 Å². The number of nitrogens with zero attached hydrogens (tertiary/aromatic N) is 3. The van der Waals surface area contributed by atoms with Crippen LogP contribution in [0, 0.1) is 13.8 Å². The monoisotopic (exact) mass is 397 g/mol. The summed E-state index contributed by atoms with van der Waals surface area (Å²) in [5.74, 6) is 0.728. The van der Waals surface area contributed by atoms with Gasteiger partial charge in [-0.25, -0.2) is 0 Å². The number of hydrogen-bond acceptors (Lipinski definition) is 2. The summed E-state index contributed by atoms with van der Waals surface area (Å²) in [6, 6.07) is 5.85. The van der Waals surface area contributed by atoms with Crippen molar-refractivity contribution in [2.24, 2.45) is 12.0 Å². The highest BCUT2D eigenvalue weighted by atomic mass is 79.9. The highest BCUT2D eigenvalue weighted by Crippen LogP contribution is 2.21. The maximum Gasteiger partial charge on any atom is 0.191 e. The average Bonchev–Trinajstić information content (AvgIpc) is 2.74. The summed E-state index contributed by atoms with van der Waals surface area (Å²) in [4.78, 5) is 4.25. The van der Waals surface area contributed by atoms with Crippen molar-refractivity contribution in [2.45, 2.75) is 26.9 Å². The molecule has 0 atom stereocenters. The maximum atomic E-state index is 6.23. The number of rotatable bonds is 4. The second-order valence-electron chi connectivity index (χ2n) is 5.29. The normalized spacial score (nSPS) is 11.7. The summed E-state index contributed by atoms with van der Waals surface area (Å²) in [6.07, 6.45) is 0. The lowest BCUT2D eigenvalue weighted by Crippen LogP contribution is -2.36. The molecular weight excluding hydrogens is 378 g/mol. The van der Waals surface area contributed by atoms with Crippen LogP contribution in [0.25, 0.3) is 0 Å². The standard InChI is InChI=1S/C16H21BrClN5/c1-10-14(11(2)23(4)22-10)9-21-16(19-3)20-8-12-5-6-13(17)7-15(12)18/h5-7H,8-9H2,1-4H3,(H2,19,20,21). The van der Waals surface area contributed by atoms with E-state index in [0.29, 0.717) is 13.1 Å². The molecule has 0 radical (unpaired) electrons. The minimum Gasteiger partial charge on any atom is -0.352 e. The van der Waals surface area contributed by atoms with Crippen LogP contribution in [0.2, 0.25) is 5.02 Å². The maximum absolute atomic E-state index is 6.23. The number of hydrogen-bond donors (Lipinski definition) is 2. The van der Waals surface area contributed by atoms with E-state index in [2.05, 4.69) is 43.6 Å². The van der Waals surface area contributed by atoms with Crippen molar-refractivity contribution in [2.75, 3.05) is 7.05 Å². The number of aryl methyl sites for hydroxylation is 2. The second kappa shape index (κ2) is 7.84. The quantitative estimate of drug-likeness (QED) is 0.613. The van der Waals surface area contributed by atoms with Crippen LogP contribution in [0.5, 0.6) is 0 Å². The lowest BCUT2D eigenvalue weighted by molar-refractivity contribution is 0.728. The first kappa shape index (κ1) is 17.8. The first-order chi connectivity index (χ1) is 10.9. The van der Waals surface area contributed by atoms with Gasteiger partial charge in [0, 0.05) is 47.9 Å². The molecule has 0 unspecified atom stereocenters. The van der Waals surface area contributed by atoms with Gasteiger partial charge in [-0.2, -0.15) is 5.10 Å². The summed E-state index contributed by atoms with van der Waals surface area (Å²) >= 11 is 9.64. The van der Waals surface area contributed by atoms with Gasteiger partial charge in [0.2, 0.25) is 0 Å². The van der Waals surface area contributed by atoms with Crippen LogP contribution in [0.4, 0.5) is 0 Å².